The van der Waals surface area contributed by atoms with Gasteiger partial charge in [0.15, 0.2) is 0 Å². The van der Waals surface area contributed by atoms with E-state index in [0.29, 0.717) is 4.47 Å². The lowest BCUT2D eigenvalue weighted by molar-refractivity contribution is 0.550. The van der Waals surface area contributed by atoms with Gasteiger partial charge in [-0.2, -0.15) is 8.42 Å². The number of pyridine rings is 1. The first-order valence-electron chi connectivity index (χ1n) is 3.01. The molecule has 1 heterocycles. The summed E-state index contributed by atoms with van der Waals surface area (Å²) in [5.74, 6) is -0.686. The van der Waals surface area contributed by atoms with Crippen LogP contribution >= 0.6 is 15.9 Å². The smallest absolute Gasteiger partial charge is 0.259 e. The summed E-state index contributed by atoms with van der Waals surface area (Å²) >= 11 is 3.06. The molecule has 12 heavy (non-hydrogen) atoms. The Morgan fingerprint density at radius 2 is 2.25 bits per heavy atom. The first-order valence-corrected chi connectivity index (χ1v) is 5.35. The molecule has 0 aliphatic heterocycles. The first-order chi connectivity index (χ1) is 5.49. The van der Waals surface area contributed by atoms with E-state index in [9.17, 15) is 12.3 Å². The van der Waals surface area contributed by atoms with Crippen molar-refractivity contribution < 1.29 is 12.3 Å². The van der Waals surface area contributed by atoms with E-state index in [1.807, 2.05) is 0 Å². The maximum absolute atomic E-state index is 12.2. The van der Waals surface area contributed by atoms with Gasteiger partial charge in [-0.05, 0) is 28.1 Å². The van der Waals surface area contributed by atoms with Crippen molar-refractivity contribution in [3.63, 3.8) is 0 Å². The van der Waals surface area contributed by atoms with Crippen molar-refractivity contribution >= 4 is 26.2 Å². The van der Waals surface area contributed by atoms with Crippen molar-refractivity contribution in [2.75, 3.05) is 0 Å². The molecule has 0 amide bonds. The monoisotopic (exact) mass is 253 g/mol. The Kier molecular flexibility index (Phi) is 2.79. The van der Waals surface area contributed by atoms with Crippen LogP contribution in [0.15, 0.2) is 22.8 Å². The number of hydrogen-bond acceptors (Lipinski definition) is 3. The fourth-order valence-electron chi connectivity index (χ4n) is 0.688. The van der Waals surface area contributed by atoms with Crippen LogP contribution < -0.4 is 0 Å². The lowest BCUT2D eigenvalue weighted by Crippen LogP contribution is -1.99. The summed E-state index contributed by atoms with van der Waals surface area (Å²) in [6.45, 7) is 0. The van der Waals surface area contributed by atoms with E-state index in [2.05, 4.69) is 20.9 Å². The van der Waals surface area contributed by atoms with Gasteiger partial charge in [0.05, 0.1) is 5.69 Å². The van der Waals surface area contributed by atoms with Crippen molar-refractivity contribution in [3.05, 3.63) is 28.5 Å². The van der Waals surface area contributed by atoms with E-state index in [4.69, 9.17) is 0 Å². The molecule has 1 aromatic heterocycles. The lowest BCUT2D eigenvalue weighted by atomic mass is 10.4. The van der Waals surface area contributed by atoms with Gasteiger partial charge in [-0.25, -0.2) is 0 Å². The Bertz CT molecular complexity index is 379. The molecule has 0 N–H and O–H groups in total. The summed E-state index contributed by atoms with van der Waals surface area (Å²) in [7, 11) is -4.49. The van der Waals surface area contributed by atoms with Crippen LogP contribution in [0.3, 0.4) is 0 Å². The number of aromatic nitrogens is 1. The molecule has 1 rings (SSSR count). The first kappa shape index (κ1) is 9.60. The van der Waals surface area contributed by atoms with Gasteiger partial charge >= 0.3 is 10.2 Å². The predicted molar refractivity (Wildman–Crippen MR) is 45.7 cm³/mol. The minimum atomic E-state index is -4.49. The van der Waals surface area contributed by atoms with Crippen LogP contribution in [0.1, 0.15) is 5.69 Å². The largest absolute Gasteiger partial charge is 0.308 e. The molecule has 0 aliphatic carbocycles. The van der Waals surface area contributed by atoms with E-state index >= 15 is 0 Å². The van der Waals surface area contributed by atoms with E-state index in [1.54, 1.807) is 12.1 Å². The minimum absolute atomic E-state index is 0.181. The second kappa shape index (κ2) is 3.49. The molecule has 0 spiro atoms. The number of halogens is 2. The Morgan fingerprint density at radius 1 is 1.58 bits per heavy atom. The molecule has 0 saturated carbocycles. The number of rotatable bonds is 2. The Labute approximate surface area is 78.0 Å². The third-order valence-corrected chi connectivity index (χ3v) is 2.48. The fraction of sp³-hybridized carbons (Fsp3) is 0.167. The van der Waals surface area contributed by atoms with Crippen molar-refractivity contribution in [2.45, 2.75) is 5.75 Å². The summed E-state index contributed by atoms with van der Waals surface area (Å²) < 4.78 is 33.1. The number of nitrogens with zero attached hydrogens (tertiary/aromatic N) is 1. The van der Waals surface area contributed by atoms with Crippen LogP contribution in [-0.4, -0.2) is 13.4 Å². The topological polar surface area (TPSA) is 47.0 Å². The van der Waals surface area contributed by atoms with E-state index < -0.39 is 16.0 Å². The van der Waals surface area contributed by atoms with Gasteiger partial charge in [0, 0.05) is 10.7 Å². The van der Waals surface area contributed by atoms with Gasteiger partial charge in [0.2, 0.25) is 0 Å². The normalized spacial score (nSPS) is 11.5. The van der Waals surface area contributed by atoms with E-state index in [1.165, 1.54) is 6.20 Å². The zero-order valence-electron chi connectivity index (χ0n) is 5.87. The quantitative estimate of drug-likeness (QED) is 0.754. The molecule has 3 nitrogen and oxygen atoms in total. The average Bonchev–Trinajstić information content (AvgIpc) is 1.91. The van der Waals surface area contributed by atoms with Crippen LogP contribution in [0.4, 0.5) is 3.89 Å². The molecule has 0 bridgehead atoms. The van der Waals surface area contributed by atoms with Crippen LogP contribution in [0.25, 0.3) is 0 Å². The minimum Gasteiger partial charge on any atom is -0.259 e. The van der Waals surface area contributed by atoms with Crippen molar-refractivity contribution in [1.29, 1.82) is 0 Å². The van der Waals surface area contributed by atoms with Gasteiger partial charge in [-0.1, -0.05) is 0 Å². The van der Waals surface area contributed by atoms with Gasteiger partial charge in [-0.15, -0.1) is 3.89 Å². The second-order valence-corrected chi connectivity index (χ2v) is 4.34. The molecule has 0 aromatic carbocycles. The van der Waals surface area contributed by atoms with E-state index in [0.717, 1.165) is 0 Å². The van der Waals surface area contributed by atoms with E-state index in [-0.39, 0.29) is 5.69 Å². The third kappa shape index (κ3) is 2.86. The van der Waals surface area contributed by atoms with Crippen molar-refractivity contribution in [1.82, 2.24) is 4.98 Å². The molecule has 6 heteroatoms. The highest BCUT2D eigenvalue weighted by atomic mass is 79.9. The predicted octanol–water partition coefficient (Wildman–Crippen LogP) is 1.64. The average molecular weight is 254 g/mol. The lowest BCUT2D eigenvalue weighted by Gasteiger charge is -1.97. The van der Waals surface area contributed by atoms with Gasteiger partial charge in [-0.3, -0.25) is 4.98 Å². The standard InChI is InChI=1S/C6H5BrFNO2S/c7-5-2-1-3-9-6(5)4-12(8,10)11/h1-3H,4H2. The van der Waals surface area contributed by atoms with Gasteiger partial charge in [0.1, 0.15) is 5.75 Å². The van der Waals surface area contributed by atoms with Crippen LogP contribution in [0.5, 0.6) is 0 Å². The number of hydrogen-bond donors (Lipinski definition) is 0. The molecule has 0 unspecified atom stereocenters. The highest BCUT2D eigenvalue weighted by Gasteiger charge is 2.11. The summed E-state index contributed by atoms with van der Waals surface area (Å²) in [4.78, 5) is 3.70. The highest BCUT2D eigenvalue weighted by Crippen LogP contribution is 2.16. The van der Waals surface area contributed by atoms with Gasteiger partial charge < -0.3 is 0 Å². The molecule has 1 aromatic rings. The summed E-state index contributed by atoms with van der Waals surface area (Å²) in [5, 5.41) is 0. The van der Waals surface area contributed by atoms with Crippen LogP contribution in [0, 0.1) is 0 Å². The Morgan fingerprint density at radius 3 is 2.75 bits per heavy atom. The summed E-state index contributed by atoms with van der Waals surface area (Å²) in [5.41, 5.74) is 0.181. The Balaban J connectivity index is 2.98. The fourth-order valence-corrected chi connectivity index (χ4v) is 1.83. The summed E-state index contributed by atoms with van der Waals surface area (Å²) in [6, 6.07) is 3.23. The molecular formula is C6H5BrFNO2S. The second-order valence-electron chi connectivity index (χ2n) is 2.12. The van der Waals surface area contributed by atoms with Crippen LogP contribution in [0.2, 0.25) is 0 Å². The molecule has 0 saturated heterocycles. The maximum Gasteiger partial charge on any atom is 0.308 e. The summed E-state index contributed by atoms with van der Waals surface area (Å²) in [6.07, 6.45) is 1.41. The van der Waals surface area contributed by atoms with Crippen molar-refractivity contribution in [3.8, 4) is 0 Å². The zero-order valence-corrected chi connectivity index (χ0v) is 8.27. The van der Waals surface area contributed by atoms with Gasteiger partial charge in [0.25, 0.3) is 0 Å². The molecule has 66 valence electrons. The van der Waals surface area contributed by atoms with Crippen LogP contribution in [-0.2, 0) is 16.0 Å². The Hall–Kier alpha value is -0.490. The molecule has 0 fully saturated rings. The SMILES string of the molecule is O=S(=O)(F)Cc1ncccc1Br. The molecule has 0 radical (unpaired) electrons. The zero-order chi connectivity index (χ0) is 9.19. The molecular weight excluding hydrogens is 249 g/mol. The van der Waals surface area contributed by atoms with Crippen molar-refractivity contribution in [2.24, 2.45) is 0 Å². The maximum atomic E-state index is 12.2. The highest BCUT2D eigenvalue weighted by molar-refractivity contribution is 9.10. The molecule has 0 aliphatic rings. The molecule has 0 atom stereocenters. The third-order valence-electron chi connectivity index (χ3n) is 1.14.